The van der Waals surface area contributed by atoms with Crippen LogP contribution in [0.4, 0.5) is 11.6 Å². The lowest BCUT2D eigenvalue weighted by atomic mass is 9.97. The van der Waals surface area contributed by atoms with Gasteiger partial charge in [0.2, 0.25) is 11.9 Å². The molecule has 1 atom stereocenters. The molecule has 1 fully saturated rings. The summed E-state index contributed by atoms with van der Waals surface area (Å²) in [5, 5.41) is 2.99. The van der Waals surface area contributed by atoms with E-state index in [1.54, 1.807) is 31.4 Å². The molecule has 1 unspecified atom stereocenters. The Morgan fingerprint density at radius 1 is 1.12 bits per heavy atom. The molecule has 1 amide bonds. The minimum atomic E-state index is -0.244. The van der Waals surface area contributed by atoms with Crippen LogP contribution in [-0.4, -0.2) is 51.7 Å². The Bertz CT molecular complexity index is 1230. The van der Waals surface area contributed by atoms with E-state index in [0.29, 0.717) is 60.8 Å². The van der Waals surface area contributed by atoms with Gasteiger partial charge in [-0.1, -0.05) is 0 Å². The third kappa shape index (κ3) is 4.36. The average Bonchev–Trinajstić information content (AvgIpc) is 2.86. The van der Waals surface area contributed by atoms with E-state index < -0.39 is 0 Å². The maximum atomic E-state index is 13.0. The van der Waals surface area contributed by atoms with Crippen LogP contribution >= 0.6 is 0 Å². The first kappa shape index (κ1) is 20.9. The number of carbonyl (C=O) groups excluding carboxylic acids is 1. The lowest BCUT2D eigenvalue weighted by Crippen LogP contribution is -2.43. The van der Waals surface area contributed by atoms with Gasteiger partial charge >= 0.3 is 0 Å². The predicted molar refractivity (Wildman–Crippen MR) is 122 cm³/mol. The zero-order chi connectivity index (χ0) is 22.8. The van der Waals surface area contributed by atoms with Crippen molar-refractivity contribution in [1.82, 2.24) is 19.5 Å². The third-order valence-corrected chi connectivity index (χ3v) is 5.84. The van der Waals surface area contributed by atoms with E-state index in [-0.39, 0.29) is 17.4 Å². The van der Waals surface area contributed by atoms with Crippen LogP contribution in [0.5, 0.6) is 11.5 Å². The van der Waals surface area contributed by atoms with Crippen molar-refractivity contribution in [1.29, 1.82) is 0 Å². The maximum absolute atomic E-state index is 13.0. The van der Waals surface area contributed by atoms with Gasteiger partial charge in [-0.2, -0.15) is 0 Å². The van der Waals surface area contributed by atoms with Gasteiger partial charge in [-0.15, -0.1) is 0 Å². The minimum absolute atomic E-state index is 0.0756. The number of rotatable bonds is 4. The van der Waals surface area contributed by atoms with Crippen LogP contribution in [0.3, 0.4) is 0 Å². The minimum Gasteiger partial charge on any atom is -0.486 e. The van der Waals surface area contributed by atoms with E-state index in [2.05, 4.69) is 20.3 Å². The molecule has 2 aliphatic rings. The van der Waals surface area contributed by atoms with Gasteiger partial charge in [-0.3, -0.25) is 14.2 Å². The van der Waals surface area contributed by atoms with Gasteiger partial charge in [0.25, 0.3) is 5.56 Å². The maximum Gasteiger partial charge on any atom is 0.255 e. The lowest BCUT2D eigenvalue weighted by Gasteiger charge is -2.33. The van der Waals surface area contributed by atoms with Gasteiger partial charge < -0.3 is 19.7 Å². The Hall–Kier alpha value is -3.95. The standard InChI is InChI=1S/C23H24N6O4/c1-28-21(30)12-18(17-6-7-24-14-25-17)27-23(28)29-8-2-3-15(13-29)22(31)26-16-4-5-19-20(11-16)33-10-9-32-19/h4-7,11-12,14-15H,2-3,8-10,13H2,1H3,(H,26,31). The summed E-state index contributed by atoms with van der Waals surface area (Å²) >= 11 is 0. The van der Waals surface area contributed by atoms with Crippen LogP contribution < -0.4 is 25.2 Å². The number of benzene rings is 1. The zero-order valence-electron chi connectivity index (χ0n) is 18.2. The average molecular weight is 448 g/mol. The van der Waals surface area contributed by atoms with E-state index in [1.165, 1.54) is 17.0 Å². The van der Waals surface area contributed by atoms with Crippen LogP contribution in [0.1, 0.15) is 12.8 Å². The number of amides is 1. The molecule has 2 aromatic heterocycles. The monoisotopic (exact) mass is 448 g/mol. The highest BCUT2D eigenvalue weighted by atomic mass is 16.6. The first-order chi connectivity index (χ1) is 16.1. The zero-order valence-corrected chi connectivity index (χ0v) is 18.2. The van der Waals surface area contributed by atoms with Gasteiger partial charge in [0.05, 0.1) is 17.3 Å². The van der Waals surface area contributed by atoms with Crippen LogP contribution in [0.2, 0.25) is 0 Å². The van der Waals surface area contributed by atoms with Crippen molar-refractivity contribution in [3.8, 4) is 22.9 Å². The summed E-state index contributed by atoms with van der Waals surface area (Å²) in [4.78, 5) is 40.4. The predicted octanol–water partition coefficient (Wildman–Crippen LogP) is 1.86. The number of nitrogens with zero attached hydrogens (tertiary/aromatic N) is 5. The fraction of sp³-hybridized carbons (Fsp3) is 0.348. The Morgan fingerprint density at radius 2 is 1.97 bits per heavy atom. The largest absolute Gasteiger partial charge is 0.486 e. The molecule has 0 radical (unpaired) electrons. The van der Waals surface area contributed by atoms with Crippen molar-refractivity contribution >= 4 is 17.5 Å². The van der Waals surface area contributed by atoms with Crippen molar-refractivity contribution in [3.05, 3.63) is 53.2 Å². The highest BCUT2D eigenvalue weighted by Gasteiger charge is 2.28. The molecule has 1 saturated heterocycles. The molecule has 170 valence electrons. The highest BCUT2D eigenvalue weighted by molar-refractivity contribution is 5.93. The molecule has 0 bridgehead atoms. The smallest absolute Gasteiger partial charge is 0.255 e. The Kier molecular flexibility index (Phi) is 5.64. The van der Waals surface area contributed by atoms with Crippen LogP contribution in [0.25, 0.3) is 11.4 Å². The van der Waals surface area contributed by atoms with E-state index in [1.807, 2.05) is 11.0 Å². The van der Waals surface area contributed by atoms with E-state index in [9.17, 15) is 9.59 Å². The SMILES string of the molecule is Cn1c(N2CCCC(C(=O)Nc3ccc4c(c3)OCCO4)C2)nc(-c2ccncn2)cc1=O. The Morgan fingerprint density at radius 3 is 2.79 bits per heavy atom. The fourth-order valence-electron chi connectivity index (χ4n) is 4.12. The number of nitrogens with one attached hydrogen (secondary N) is 1. The Balaban J connectivity index is 1.34. The summed E-state index contributed by atoms with van der Waals surface area (Å²) < 4.78 is 12.6. The van der Waals surface area contributed by atoms with Gasteiger partial charge in [0.1, 0.15) is 19.5 Å². The summed E-state index contributed by atoms with van der Waals surface area (Å²) in [6, 6.07) is 8.56. The van der Waals surface area contributed by atoms with Crippen LogP contribution in [0, 0.1) is 5.92 Å². The first-order valence-electron chi connectivity index (χ1n) is 10.9. The molecule has 5 rings (SSSR count). The molecule has 4 heterocycles. The molecule has 2 aliphatic heterocycles. The second-order valence-corrected chi connectivity index (χ2v) is 8.07. The summed E-state index contributed by atoms with van der Waals surface area (Å²) in [6.07, 6.45) is 4.60. The lowest BCUT2D eigenvalue weighted by molar-refractivity contribution is -0.120. The van der Waals surface area contributed by atoms with Gasteiger partial charge in [0.15, 0.2) is 11.5 Å². The summed E-state index contributed by atoms with van der Waals surface area (Å²) in [5.74, 6) is 1.51. The van der Waals surface area contributed by atoms with E-state index >= 15 is 0 Å². The molecule has 1 aromatic carbocycles. The molecule has 3 aromatic rings. The number of aromatic nitrogens is 4. The molecule has 0 aliphatic carbocycles. The van der Waals surface area contributed by atoms with Crippen LogP contribution in [-0.2, 0) is 11.8 Å². The first-order valence-corrected chi connectivity index (χ1v) is 10.9. The van der Waals surface area contributed by atoms with Crippen molar-refractivity contribution in [2.24, 2.45) is 13.0 Å². The summed E-state index contributed by atoms with van der Waals surface area (Å²) in [6.45, 7) is 2.18. The number of anilines is 2. The van der Waals surface area contributed by atoms with Gasteiger partial charge in [0, 0.05) is 44.2 Å². The number of carbonyl (C=O) groups is 1. The molecular formula is C23H24N6O4. The molecule has 1 N–H and O–H groups in total. The molecule has 0 saturated carbocycles. The molecular weight excluding hydrogens is 424 g/mol. The fourth-order valence-corrected chi connectivity index (χ4v) is 4.12. The highest BCUT2D eigenvalue weighted by Crippen LogP contribution is 2.33. The van der Waals surface area contributed by atoms with Crippen molar-refractivity contribution in [2.75, 3.05) is 36.5 Å². The van der Waals surface area contributed by atoms with Crippen molar-refractivity contribution < 1.29 is 14.3 Å². The quantitative estimate of drug-likeness (QED) is 0.644. The van der Waals surface area contributed by atoms with E-state index in [0.717, 1.165) is 12.8 Å². The second-order valence-electron chi connectivity index (χ2n) is 8.07. The third-order valence-electron chi connectivity index (χ3n) is 5.84. The molecule has 10 nitrogen and oxygen atoms in total. The molecule has 10 heteroatoms. The topological polar surface area (TPSA) is 111 Å². The second kappa shape index (κ2) is 8.89. The number of hydrogen-bond donors (Lipinski definition) is 1. The molecule has 0 spiro atoms. The van der Waals surface area contributed by atoms with Gasteiger partial charge in [-0.05, 0) is 31.0 Å². The van der Waals surface area contributed by atoms with Crippen LogP contribution in [0.15, 0.2) is 47.7 Å². The molecule has 33 heavy (non-hydrogen) atoms. The van der Waals surface area contributed by atoms with E-state index in [4.69, 9.17) is 9.47 Å². The van der Waals surface area contributed by atoms with Gasteiger partial charge in [-0.25, -0.2) is 15.0 Å². The summed E-state index contributed by atoms with van der Waals surface area (Å²) in [5.41, 5.74) is 1.54. The van der Waals surface area contributed by atoms with Crippen molar-refractivity contribution in [2.45, 2.75) is 12.8 Å². The normalized spacial score (nSPS) is 17.5. The Labute approximate surface area is 190 Å². The number of piperidine rings is 1. The van der Waals surface area contributed by atoms with Crippen molar-refractivity contribution in [3.63, 3.8) is 0 Å². The number of fused-ring (bicyclic) bond motifs is 1. The number of ether oxygens (including phenoxy) is 2. The summed E-state index contributed by atoms with van der Waals surface area (Å²) in [7, 11) is 1.69. The number of hydrogen-bond acceptors (Lipinski definition) is 8.